The molecule has 0 bridgehead atoms. The molecule has 0 aliphatic heterocycles. The first-order chi connectivity index (χ1) is 11.8. The Morgan fingerprint density at radius 2 is 1.80 bits per heavy atom. The first-order valence-corrected chi connectivity index (χ1v) is 9.38. The highest BCUT2D eigenvalue weighted by atomic mass is 35.5. The fourth-order valence-electron chi connectivity index (χ4n) is 2.20. The summed E-state index contributed by atoms with van der Waals surface area (Å²) in [5, 5.41) is 1.45. The number of rotatable bonds is 4. The van der Waals surface area contributed by atoms with E-state index in [1.54, 1.807) is 24.5 Å². The molecular weight excluding hydrogens is 383 g/mol. The normalized spacial score (nSPS) is 11.9. The van der Waals surface area contributed by atoms with Crippen LogP contribution >= 0.6 is 23.2 Å². The van der Waals surface area contributed by atoms with E-state index in [9.17, 15) is 8.42 Å². The zero-order valence-electron chi connectivity index (χ0n) is 13.4. The molecule has 0 atom stereocenters. The molecule has 3 aromatic rings. The van der Waals surface area contributed by atoms with Crippen LogP contribution in [0.25, 0.3) is 22.0 Å². The van der Waals surface area contributed by atoms with Crippen LogP contribution in [0.3, 0.4) is 0 Å². The summed E-state index contributed by atoms with van der Waals surface area (Å²) in [7, 11) is -0.841. The third-order valence-electron chi connectivity index (χ3n) is 3.58. The van der Waals surface area contributed by atoms with Crippen molar-refractivity contribution >= 4 is 50.0 Å². The summed E-state index contributed by atoms with van der Waals surface area (Å²) < 4.78 is 27.5. The van der Waals surface area contributed by atoms with E-state index in [0.717, 1.165) is 20.8 Å². The van der Waals surface area contributed by atoms with Crippen LogP contribution in [0.2, 0.25) is 10.2 Å². The number of fused-ring (bicyclic) bond motifs is 1. The van der Waals surface area contributed by atoms with Gasteiger partial charge in [0.15, 0.2) is 5.15 Å². The fraction of sp³-hybridized carbons (Fsp3) is 0.125. The molecule has 0 saturated carbocycles. The minimum atomic E-state index is -3.69. The molecule has 0 saturated heterocycles. The van der Waals surface area contributed by atoms with Gasteiger partial charge in [-0.2, -0.15) is 12.7 Å². The lowest BCUT2D eigenvalue weighted by Crippen LogP contribution is -2.29. The number of aromatic nitrogens is 2. The number of pyridine rings is 2. The molecule has 0 unspecified atom stereocenters. The highest BCUT2D eigenvalue weighted by Crippen LogP contribution is 2.31. The second-order valence-electron chi connectivity index (χ2n) is 5.48. The third-order valence-corrected chi connectivity index (χ3v) is 5.65. The van der Waals surface area contributed by atoms with Crippen LogP contribution in [0.15, 0.2) is 42.7 Å². The van der Waals surface area contributed by atoms with Gasteiger partial charge in [0.2, 0.25) is 0 Å². The van der Waals surface area contributed by atoms with Crippen LogP contribution < -0.4 is 4.72 Å². The lowest BCUT2D eigenvalue weighted by atomic mass is 10.0. The fourth-order valence-corrected chi connectivity index (χ4v) is 3.23. The predicted octanol–water partition coefficient (Wildman–Crippen LogP) is 3.82. The molecule has 0 aliphatic carbocycles. The van der Waals surface area contributed by atoms with Crippen molar-refractivity contribution in [1.29, 1.82) is 0 Å². The van der Waals surface area contributed by atoms with Crippen molar-refractivity contribution < 1.29 is 8.42 Å². The number of halogens is 2. The largest absolute Gasteiger partial charge is 0.301 e. The standard InChI is InChI=1S/C16H14Cl2N4O2S/c1-22(2)25(23,24)21-15-8-11(9-20-16(15)18)10-3-4-14-12(7-10)13(17)5-6-19-14/h3-9,21H,1-2H3. The number of hydrogen-bond donors (Lipinski definition) is 1. The second kappa shape index (κ2) is 6.76. The third kappa shape index (κ3) is 3.69. The molecule has 0 fully saturated rings. The Morgan fingerprint density at radius 1 is 1.04 bits per heavy atom. The van der Waals surface area contributed by atoms with Gasteiger partial charge in [0.05, 0.1) is 16.2 Å². The summed E-state index contributed by atoms with van der Waals surface area (Å²) in [6, 6.07) is 8.92. The number of benzene rings is 1. The Morgan fingerprint density at radius 3 is 2.52 bits per heavy atom. The lowest BCUT2D eigenvalue weighted by molar-refractivity contribution is 0.527. The minimum absolute atomic E-state index is 0.0645. The van der Waals surface area contributed by atoms with Gasteiger partial charge in [-0.3, -0.25) is 9.71 Å². The SMILES string of the molecule is CN(C)S(=O)(=O)Nc1cc(-c2ccc3nccc(Cl)c3c2)cnc1Cl. The lowest BCUT2D eigenvalue weighted by Gasteiger charge is -2.15. The number of hydrogen-bond acceptors (Lipinski definition) is 4. The molecule has 9 heteroatoms. The molecule has 0 aliphatic rings. The van der Waals surface area contributed by atoms with Gasteiger partial charge in [-0.1, -0.05) is 29.3 Å². The minimum Gasteiger partial charge on any atom is -0.268 e. The summed E-state index contributed by atoms with van der Waals surface area (Å²) in [6.07, 6.45) is 3.21. The molecule has 130 valence electrons. The molecule has 25 heavy (non-hydrogen) atoms. The molecular formula is C16H14Cl2N4O2S. The van der Waals surface area contributed by atoms with Crippen LogP contribution in [0.5, 0.6) is 0 Å². The maximum Gasteiger partial charge on any atom is 0.301 e. The van der Waals surface area contributed by atoms with Crippen molar-refractivity contribution in [1.82, 2.24) is 14.3 Å². The highest BCUT2D eigenvalue weighted by molar-refractivity contribution is 7.90. The van der Waals surface area contributed by atoms with Crippen LogP contribution in [-0.2, 0) is 10.2 Å². The summed E-state index contributed by atoms with van der Waals surface area (Å²) in [5.74, 6) is 0. The van der Waals surface area contributed by atoms with Crippen molar-refractivity contribution in [2.75, 3.05) is 18.8 Å². The zero-order chi connectivity index (χ0) is 18.2. The molecule has 1 aromatic carbocycles. The Kier molecular flexibility index (Phi) is 4.83. The second-order valence-corrected chi connectivity index (χ2v) is 8.13. The summed E-state index contributed by atoms with van der Waals surface area (Å²) in [4.78, 5) is 8.33. The van der Waals surface area contributed by atoms with E-state index >= 15 is 0 Å². The molecule has 2 heterocycles. The Balaban J connectivity index is 2.07. The van der Waals surface area contributed by atoms with E-state index in [2.05, 4.69) is 14.7 Å². The Bertz CT molecular complexity index is 1060. The number of nitrogens with zero attached hydrogens (tertiary/aromatic N) is 3. The van der Waals surface area contributed by atoms with E-state index in [1.807, 2.05) is 18.2 Å². The maximum atomic E-state index is 12.0. The van der Waals surface area contributed by atoms with E-state index in [-0.39, 0.29) is 10.8 Å². The van der Waals surface area contributed by atoms with Crippen LogP contribution in [0.1, 0.15) is 0 Å². The first-order valence-electron chi connectivity index (χ1n) is 7.18. The average Bonchev–Trinajstić information content (AvgIpc) is 2.57. The van der Waals surface area contributed by atoms with Gasteiger partial charge < -0.3 is 0 Å². The molecule has 0 radical (unpaired) electrons. The molecule has 2 aromatic heterocycles. The molecule has 3 rings (SSSR count). The Labute approximate surface area is 155 Å². The zero-order valence-corrected chi connectivity index (χ0v) is 15.7. The van der Waals surface area contributed by atoms with Crippen molar-refractivity contribution in [2.45, 2.75) is 0 Å². The molecule has 1 N–H and O–H groups in total. The van der Waals surface area contributed by atoms with E-state index in [0.29, 0.717) is 10.6 Å². The van der Waals surface area contributed by atoms with Crippen LogP contribution in [0.4, 0.5) is 5.69 Å². The molecule has 0 amide bonds. The van der Waals surface area contributed by atoms with E-state index in [4.69, 9.17) is 23.2 Å². The first kappa shape index (κ1) is 17.9. The van der Waals surface area contributed by atoms with E-state index < -0.39 is 10.2 Å². The van der Waals surface area contributed by atoms with Crippen molar-refractivity contribution in [3.8, 4) is 11.1 Å². The number of anilines is 1. The predicted molar refractivity (Wildman–Crippen MR) is 101 cm³/mol. The molecule has 6 nitrogen and oxygen atoms in total. The van der Waals surface area contributed by atoms with Crippen LogP contribution in [0, 0.1) is 0 Å². The van der Waals surface area contributed by atoms with Gasteiger partial charge >= 0.3 is 10.2 Å². The Hall–Kier alpha value is -1.93. The highest BCUT2D eigenvalue weighted by Gasteiger charge is 2.16. The van der Waals surface area contributed by atoms with E-state index in [1.165, 1.54) is 14.1 Å². The van der Waals surface area contributed by atoms with Crippen molar-refractivity contribution in [3.63, 3.8) is 0 Å². The van der Waals surface area contributed by atoms with Gasteiger partial charge in [0.1, 0.15) is 0 Å². The molecule has 0 spiro atoms. The number of nitrogens with one attached hydrogen (secondary N) is 1. The average molecular weight is 397 g/mol. The van der Waals surface area contributed by atoms with Gasteiger partial charge in [-0.05, 0) is 29.8 Å². The summed E-state index contributed by atoms with van der Waals surface area (Å²) in [6.45, 7) is 0. The summed E-state index contributed by atoms with van der Waals surface area (Å²) >= 11 is 12.2. The van der Waals surface area contributed by atoms with Gasteiger partial charge in [-0.15, -0.1) is 0 Å². The smallest absolute Gasteiger partial charge is 0.268 e. The van der Waals surface area contributed by atoms with Gasteiger partial charge in [-0.25, -0.2) is 4.98 Å². The maximum absolute atomic E-state index is 12.0. The quantitative estimate of drug-likeness (QED) is 0.680. The van der Waals surface area contributed by atoms with Crippen molar-refractivity contribution in [3.05, 3.63) is 52.9 Å². The van der Waals surface area contributed by atoms with Gasteiger partial charge in [0.25, 0.3) is 0 Å². The van der Waals surface area contributed by atoms with Crippen LogP contribution in [-0.4, -0.2) is 36.8 Å². The monoisotopic (exact) mass is 396 g/mol. The van der Waals surface area contributed by atoms with Gasteiger partial charge in [0, 0.05) is 37.4 Å². The van der Waals surface area contributed by atoms with Crippen molar-refractivity contribution in [2.24, 2.45) is 0 Å². The topological polar surface area (TPSA) is 75.2 Å². The summed E-state index contributed by atoms with van der Waals surface area (Å²) in [5.41, 5.74) is 2.48.